The van der Waals surface area contributed by atoms with Gasteiger partial charge < -0.3 is 5.11 Å². The zero-order valence-electron chi connectivity index (χ0n) is 9.99. The maximum atomic E-state index is 13.1. The van der Waals surface area contributed by atoms with Crippen molar-refractivity contribution in [1.29, 1.82) is 0 Å². The van der Waals surface area contributed by atoms with Gasteiger partial charge >= 0.3 is 0 Å². The number of benzene rings is 2. The lowest BCUT2D eigenvalue weighted by Gasteiger charge is -2.10. The van der Waals surface area contributed by atoms with Gasteiger partial charge in [-0.15, -0.1) is 0 Å². The van der Waals surface area contributed by atoms with Crippen LogP contribution in [0.2, 0.25) is 0 Å². The molecule has 2 aromatic carbocycles. The second kappa shape index (κ2) is 4.74. The predicted molar refractivity (Wildman–Crippen MR) is 70.0 cm³/mol. The molecule has 0 aliphatic rings. The topological polar surface area (TPSA) is 46.0 Å². The second-order valence-corrected chi connectivity index (χ2v) is 4.24. The summed E-state index contributed by atoms with van der Waals surface area (Å²) >= 11 is 0. The Hall–Kier alpha value is -2.33. The van der Waals surface area contributed by atoms with Crippen molar-refractivity contribution in [2.24, 2.45) is 0 Å². The Morgan fingerprint density at radius 1 is 1.00 bits per heavy atom. The molecule has 4 heteroatoms. The molecule has 1 N–H and O–H groups in total. The Balaban J connectivity index is 2.04. The number of hydrogen-bond donors (Lipinski definition) is 1. The van der Waals surface area contributed by atoms with Crippen LogP contribution in [-0.2, 0) is 0 Å². The van der Waals surface area contributed by atoms with E-state index in [0.717, 1.165) is 5.52 Å². The summed E-state index contributed by atoms with van der Waals surface area (Å²) in [4.78, 5) is 8.58. The number of aliphatic hydroxyl groups is 1. The zero-order valence-corrected chi connectivity index (χ0v) is 9.99. The molecule has 0 saturated carbocycles. The molecule has 0 radical (unpaired) electrons. The molecule has 0 amide bonds. The van der Waals surface area contributed by atoms with Gasteiger partial charge in [0.1, 0.15) is 11.9 Å². The fraction of sp³-hybridized carbons (Fsp3) is 0.0667. The van der Waals surface area contributed by atoms with Gasteiger partial charge in [-0.3, -0.25) is 4.98 Å². The number of halogens is 1. The van der Waals surface area contributed by atoms with Gasteiger partial charge in [-0.25, -0.2) is 9.37 Å². The van der Waals surface area contributed by atoms with Crippen molar-refractivity contribution in [3.05, 3.63) is 71.8 Å². The van der Waals surface area contributed by atoms with Crippen molar-refractivity contribution in [2.45, 2.75) is 6.10 Å². The predicted octanol–water partition coefficient (Wildman–Crippen LogP) is 2.85. The zero-order chi connectivity index (χ0) is 13.2. The molecule has 0 aliphatic heterocycles. The Kier molecular flexibility index (Phi) is 2.93. The third-order valence-corrected chi connectivity index (χ3v) is 2.91. The molecule has 1 heterocycles. The van der Waals surface area contributed by atoms with Crippen molar-refractivity contribution in [3.8, 4) is 0 Å². The summed E-state index contributed by atoms with van der Waals surface area (Å²) in [5.41, 5.74) is 2.34. The first-order chi connectivity index (χ1) is 9.24. The molecule has 3 rings (SSSR count). The molecule has 1 unspecified atom stereocenters. The lowest BCUT2D eigenvalue weighted by atomic mass is 10.1. The minimum Gasteiger partial charge on any atom is -0.382 e. The minimum absolute atomic E-state index is 0.384. The number of para-hydroxylation sites is 2. The summed E-state index contributed by atoms with van der Waals surface area (Å²) in [7, 11) is 0. The third kappa shape index (κ3) is 2.30. The van der Waals surface area contributed by atoms with Crippen LogP contribution in [-0.4, -0.2) is 15.1 Å². The molecule has 1 atom stereocenters. The highest BCUT2D eigenvalue weighted by atomic mass is 19.1. The van der Waals surface area contributed by atoms with Crippen LogP contribution in [0.15, 0.2) is 54.7 Å². The first-order valence-corrected chi connectivity index (χ1v) is 5.89. The number of rotatable bonds is 2. The Bertz CT molecular complexity index is 730. The molecule has 19 heavy (non-hydrogen) atoms. The SMILES string of the molecule is OC(c1cccc(F)c1)c1cnc2ccccc2n1. The van der Waals surface area contributed by atoms with Gasteiger partial charge in [-0.1, -0.05) is 24.3 Å². The number of nitrogens with zero attached hydrogens (tertiary/aromatic N) is 2. The van der Waals surface area contributed by atoms with E-state index in [0.29, 0.717) is 16.8 Å². The van der Waals surface area contributed by atoms with Crippen LogP contribution in [0.4, 0.5) is 4.39 Å². The van der Waals surface area contributed by atoms with Crippen LogP contribution in [0, 0.1) is 5.82 Å². The number of hydrogen-bond acceptors (Lipinski definition) is 3. The fourth-order valence-corrected chi connectivity index (χ4v) is 1.95. The molecule has 1 aromatic heterocycles. The summed E-state index contributed by atoms with van der Waals surface area (Å²) < 4.78 is 13.1. The monoisotopic (exact) mass is 254 g/mol. The number of fused-ring (bicyclic) bond motifs is 1. The smallest absolute Gasteiger partial charge is 0.123 e. The van der Waals surface area contributed by atoms with Gasteiger partial charge in [-0.05, 0) is 29.8 Å². The lowest BCUT2D eigenvalue weighted by molar-refractivity contribution is 0.215. The van der Waals surface area contributed by atoms with Gasteiger partial charge in [-0.2, -0.15) is 0 Å². The molecular formula is C15H11FN2O. The van der Waals surface area contributed by atoms with Gasteiger partial charge in [0.15, 0.2) is 0 Å². The second-order valence-electron chi connectivity index (χ2n) is 4.24. The maximum Gasteiger partial charge on any atom is 0.123 e. The van der Waals surface area contributed by atoms with Crippen LogP contribution in [0.1, 0.15) is 17.4 Å². The largest absolute Gasteiger partial charge is 0.382 e. The van der Waals surface area contributed by atoms with E-state index in [1.54, 1.807) is 12.1 Å². The van der Waals surface area contributed by atoms with Crippen molar-refractivity contribution in [1.82, 2.24) is 9.97 Å². The lowest BCUT2D eigenvalue weighted by Crippen LogP contribution is -2.03. The van der Waals surface area contributed by atoms with E-state index in [-0.39, 0.29) is 5.82 Å². The average molecular weight is 254 g/mol. The van der Waals surface area contributed by atoms with Crippen molar-refractivity contribution in [2.75, 3.05) is 0 Å². The molecule has 3 nitrogen and oxygen atoms in total. The van der Waals surface area contributed by atoms with Gasteiger partial charge in [0.2, 0.25) is 0 Å². The molecule has 0 aliphatic carbocycles. The highest BCUT2D eigenvalue weighted by molar-refractivity contribution is 5.73. The Morgan fingerprint density at radius 3 is 2.58 bits per heavy atom. The summed E-state index contributed by atoms with van der Waals surface area (Å²) in [6, 6.07) is 13.2. The number of aliphatic hydroxyl groups excluding tert-OH is 1. The first kappa shape index (κ1) is 11.7. The van der Waals surface area contributed by atoms with Gasteiger partial charge in [0.05, 0.1) is 22.9 Å². The van der Waals surface area contributed by atoms with E-state index >= 15 is 0 Å². The van der Waals surface area contributed by atoms with E-state index in [9.17, 15) is 9.50 Å². The third-order valence-electron chi connectivity index (χ3n) is 2.91. The fourth-order valence-electron chi connectivity index (χ4n) is 1.95. The highest BCUT2D eigenvalue weighted by Crippen LogP contribution is 2.21. The molecule has 0 bridgehead atoms. The molecule has 3 aromatic rings. The summed E-state index contributed by atoms with van der Waals surface area (Å²) in [5.74, 6) is -0.384. The summed E-state index contributed by atoms with van der Waals surface area (Å²) in [5, 5.41) is 10.2. The maximum absolute atomic E-state index is 13.1. The Labute approximate surface area is 109 Å². The molecule has 0 saturated heterocycles. The van der Waals surface area contributed by atoms with Crippen LogP contribution in [0.5, 0.6) is 0 Å². The van der Waals surface area contributed by atoms with E-state index in [1.807, 2.05) is 24.3 Å². The quantitative estimate of drug-likeness (QED) is 0.764. The van der Waals surface area contributed by atoms with E-state index in [1.165, 1.54) is 18.3 Å². The molecule has 0 spiro atoms. The van der Waals surface area contributed by atoms with Gasteiger partial charge in [0.25, 0.3) is 0 Å². The molecule has 0 fully saturated rings. The normalized spacial score (nSPS) is 12.5. The van der Waals surface area contributed by atoms with Crippen LogP contribution >= 0.6 is 0 Å². The summed E-state index contributed by atoms with van der Waals surface area (Å²) in [6.45, 7) is 0. The van der Waals surface area contributed by atoms with Crippen molar-refractivity contribution >= 4 is 11.0 Å². The van der Waals surface area contributed by atoms with Crippen molar-refractivity contribution in [3.63, 3.8) is 0 Å². The standard InChI is InChI=1S/C15H11FN2O/c16-11-5-3-4-10(8-11)15(19)14-9-17-12-6-1-2-7-13(12)18-14/h1-9,15,19H. The van der Waals surface area contributed by atoms with Crippen LogP contribution < -0.4 is 0 Å². The van der Waals surface area contributed by atoms with Crippen LogP contribution in [0.25, 0.3) is 11.0 Å². The Morgan fingerprint density at radius 2 is 1.79 bits per heavy atom. The average Bonchev–Trinajstić information content (AvgIpc) is 2.46. The first-order valence-electron chi connectivity index (χ1n) is 5.89. The summed E-state index contributed by atoms with van der Waals surface area (Å²) in [6.07, 6.45) is 0.533. The van der Waals surface area contributed by atoms with E-state index in [2.05, 4.69) is 9.97 Å². The van der Waals surface area contributed by atoms with Gasteiger partial charge in [0, 0.05) is 0 Å². The minimum atomic E-state index is -0.979. The van der Waals surface area contributed by atoms with E-state index < -0.39 is 6.10 Å². The molecule has 94 valence electrons. The van der Waals surface area contributed by atoms with Crippen LogP contribution in [0.3, 0.4) is 0 Å². The van der Waals surface area contributed by atoms with E-state index in [4.69, 9.17) is 0 Å². The number of aromatic nitrogens is 2. The molecular weight excluding hydrogens is 243 g/mol. The highest BCUT2D eigenvalue weighted by Gasteiger charge is 2.13. The van der Waals surface area contributed by atoms with Crippen molar-refractivity contribution < 1.29 is 9.50 Å².